The maximum atomic E-state index is 12.1. The van der Waals surface area contributed by atoms with Gasteiger partial charge in [0.25, 0.3) is 0 Å². The molecular formula is C12H24N2O2. The third-order valence-corrected chi connectivity index (χ3v) is 3.06. The molecule has 1 fully saturated rings. The minimum Gasteiger partial charge on any atom is -0.389 e. The zero-order valence-corrected chi connectivity index (χ0v) is 10.6. The second-order valence-corrected chi connectivity index (χ2v) is 5.63. The van der Waals surface area contributed by atoms with E-state index in [4.69, 9.17) is 5.73 Å². The molecule has 4 nitrogen and oxygen atoms in total. The number of aliphatic hydroxyl groups is 1. The highest BCUT2D eigenvalue weighted by molar-refractivity contribution is 5.78. The Hall–Kier alpha value is -0.610. The number of hydrogen-bond acceptors (Lipinski definition) is 3. The Morgan fingerprint density at radius 3 is 2.62 bits per heavy atom. The van der Waals surface area contributed by atoms with Gasteiger partial charge in [0.1, 0.15) is 0 Å². The van der Waals surface area contributed by atoms with Gasteiger partial charge in [0.05, 0.1) is 5.60 Å². The Balaban J connectivity index is 2.49. The standard InChI is InChI=1S/C12H24N2O2/c1-12(2,16)8-14(3)11(15)9-5-4-6-10(13)7-9/h9-10,16H,4-8,13H2,1-3H3. The van der Waals surface area contributed by atoms with E-state index >= 15 is 0 Å². The van der Waals surface area contributed by atoms with Gasteiger partial charge < -0.3 is 15.7 Å². The van der Waals surface area contributed by atoms with Crippen LogP contribution < -0.4 is 5.73 Å². The van der Waals surface area contributed by atoms with Crippen LogP contribution >= 0.6 is 0 Å². The van der Waals surface area contributed by atoms with E-state index in [-0.39, 0.29) is 17.9 Å². The smallest absolute Gasteiger partial charge is 0.225 e. The first-order chi connectivity index (χ1) is 7.29. The van der Waals surface area contributed by atoms with E-state index in [1.807, 2.05) is 0 Å². The van der Waals surface area contributed by atoms with Crippen molar-refractivity contribution in [1.29, 1.82) is 0 Å². The van der Waals surface area contributed by atoms with Gasteiger partial charge in [-0.25, -0.2) is 0 Å². The van der Waals surface area contributed by atoms with Crippen LogP contribution in [0, 0.1) is 5.92 Å². The van der Waals surface area contributed by atoms with Gasteiger partial charge in [0.2, 0.25) is 5.91 Å². The average molecular weight is 228 g/mol. The van der Waals surface area contributed by atoms with Gasteiger partial charge in [-0.05, 0) is 33.1 Å². The third-order valence-electron chi connectivity index (χ3n) is 3.06. The molecule has 16 heavy (non-hydrogen) atoms. The molecule has 0 aliphatic heterocycles. The summed E-state index contributed by atoms with van der Waals surface area (Å²) in [6.07, 6.45) is 3.78. The number of carbonyl (C=O) groups is 1. The summed E-state index contributed by atoms with van der Waals surface area (Å²) in [6, 6.07) is 0.165. The van der Waals surface area contributed by atoms with Crippen LogP contribution in [-0.2, 0) is 4.79 Å². The zero-order chi connectivity index (χ0) is 12.3. The molecule has 1 aliphatic rings. The Kier molecular flexibility index (Phi) is 4.33. The first-order valence-corrected chi connectivity index (χ1v) is 6.02. The van der Waals surface area contributed by atoms with E-state index in [2.05, 4.69) is 0 Å². The van der Waals surface area contributed by atoms with Crippen LogP contribution in [0.1, 0.15) is 39.5 Å². The molecule has 0 heterocycles. The molecule has 2 unspecified atom stereocenters. The summed E-state index contributed by atoms with van der Waals surface area (Å²) in [6.45, 7) is 3.80. The summed E-state index contributed by atoms with van der Waals surface area (Å²) in [4.78, 5) is 13.7. The highest BCUT2D eigenvalue weighted by atomic mass is 16.3. The molecular weight excluding hydrogens is 204 g/mol. The van der Waals surface area contributed by atoms with Crippen LogP contribution in [0.5, 0.6) is 0 Å². The molecule has 0 spiro atoms. The molecule has 94 valence electrons. The molecule has 1 aliphatic carbocycles. The summed E-state index contributed by atoms with van der Waals surface area (Å²) in [7, 11) is 1.75. The number of nitrogens with zero attached hydrogens (tertiary/aromatic N) is 1. The number of amides is 1. The van der Waals surface area contributed by atoms with E-state index in [0.717, 1.165) is 25.7 Å². The highest BCUT2D eigenvalue weighted by Gasteiger charge is 2.29. The number of likely N-dealkylation sites (N-methyl/N-ethyl adjacent to an activating group) is 1. The molecule has 0 aromatic rings. The van der Waals surface area contributed by atoms with Crippen LogP contribution in [0.3, 0.4) is 0 Å². The second kappa shape index (κ2) is 5.15. The fourth-order valence-electron chi connectivity index (χ4n) is 2.42. The lowest BCUT2D eigenvalue weighted by Gasteiger charge is -2.32. The minimum atomic E-state index is -0.832. The summed E-state index contributed by atoms with van der Waals surface area (Å²) in [5.74, 6) is 0.174. The summed E-state index contributed by atoms with van der Waals surface area (Å²) < 4.78 is 0. The van der Waals surface area contributed by atoms with Gasteiger partial charge in [-0.3, -0.25) is 4.79 Å². The van der Waals surface area contributed by atoms with Crippen molar-refractivity contribution in [3.8, 4) is 0 Å². The molecule has 2 atom stereocenters. The van der Waals surface area contributed by atoms with Crippen LogP contribution in [0.15, 0.2) is 0 Å². The number of carbonyl (C=O) groups excluding carboxylic acids is 1. The van der Waals surface area contributed by atoms with Crippen molar-refractivity contribution in [2.45, 2.75) is 51.2 Å². The quantitative estimate of drug-likeness (QED) is 0.748. The molecule has 3 N–H and O–H groups in total. The first-order valence-electron chi connectivity index (χ1n) is 6.02. The fraction of sp³-hybridized carbons (Fsp3) is 0.917. The predicted molar refractivity (Wildman–Crippen MR) is 63.9 cm³/mol. The van der Waals surface area contributed by atoms with Gasteiger partial charge in [0, 0.05) is 25.6 Å². The van der Waals surface area contributed by atoms with Crippen molar-refractivity contribution in [2.75, 3.05) is 13.6 Å². The predicted octanol–water partition coefficient (Wildman–Crippen LogP) is 0.733. The van der Waals surface area contributed by atoms with E-state index in [1.165, 1.54) is 0 Å². The SMILES string of the molecule is CN(CC(C)(C)O)C(=O)C1CCCC(N)C1. The number of nitrogens with two attached hydrogens (primary N) is 1. The largest absolute Gasteiger partial charge is 0.389 e. The lowest BCUT2D eigenvalue weighted by molar-refractivity contribution is -0.138. The van der Waals surface area contributed by atoms with Crippen molar-refractivity contribution in [3.63, 3.8) is 0 Å². The van der Waals surface area contributed by atoms with Crippen molar-refractivity contribution < 1.29 is 9.90 Å². The summed E-state index contributed by atoms with van der Waals surface area (Å²) >= 11 is 0. The Morgan fingerprint density at radius 1 is 1.50 bits per heavy atom. The van der Waals surface area contributed by atoms with E-state index < -0.39 is 5.60 Å². The Labute approximate surface area is 97.8 Å². The van der Waals surface area contributed by atoms with Crippen molar-refractivity contribution >= 4 is 5.91 Å². The zero-order valence-electron chi connectivity index (χ0n) is 10.6. The van der Waals surface area contributed by atoms with E-state index in [0.29, 0.717) is 6.54 Å². The lowest BCUT2D eigenvalue weighted by Crippen LogP contribution is -2.44. The highest BCUT2D eigenvalue weighted by Crippen LogP contribution is 2.25. The van der Waals surface area contributed by atoms with Gasteiger partial charge >= 0.3 is 0 Å². The normalized spacial score (nSPS) is 26.6. The molecule has 0 saturated heterocycles. The van der Waals surface area contributed by atoms with Gasteiger partial charge in [-0.1, -0.05) is 6.42 Å². The topological polar surface area (TPSA) is 66.6 Å². The van der Waals surface area contributed by atoms with Crippen molar-refractivity contribution in [3.05, 3.63) is 0 Å². The van der Waals surface area contributed by atoms with E-state index in [1.54, 1.807) is 25.8 Å². The van der Waals surface area contributed by atoms with E-state index in [9.17, 15) is 9.90 Å². The van der Waals surface area contributed by atoms with Gasteiger partial charge in [-0.15, -0.1) is 0 Å². The Bertz CT molecular complexity index is 248. The van der Waals surface area contributed by atoms with Crippen LogP contribution in [0.25, 0.3) is 0 Å². The lowest BCUT2D eigenvalue weighted by atomic mass is 9.85. The minimum absolute atomic E-state index is 0.0519. The van der Waals surface area contributed by atoms with Gasteiger partial charge in [-0.2, -0.15) is 0 Å². The Morgan fingerprint density at radius 2 is 2.12 bits per heavy atom. The monoisotopic (exact) mass is 228 g/mol. The van der Waals surface area contributed by atoms with Crippen LogP contribution in [0.2, 0.25) is 0 Å². The second-order valence-electron chi connectivity index (χ2n) is 5.63. The van der Waals surface area contributed by atoms with Crippen molar-refractivity contribution in [2.24, 2.45) is 11.7 Å². The summed E-state index contributed by atoms with van der Waals surface area (Å²) in [5, 5.41) is 9.67. The number of hydrogen-bond donors (Lipinski definition) is 2. The van der Waals surface area contributed by atoms with Crippen molar-refractivity contribution in [1.82, 2.24) is 4.90 Å². The maximum Gasteiger partial charge on any atom is 0.225 e. The summed E-state index contributed by atoms with van der Waals surface area (Å²) in [5.41, 5.74) is 5.04. The molecule has 1 amide bonds. The average Bonchev–Trinajstić information content (AvgIpc) is 2.14. The molecule has 1 rings (SSSR count). The maximum absolute atomic E-state index is 12.1. The van der Waals surface area contributed by atoms with Gasteiger partial charge in [0.15, 0.2) is 0 Å². The molecule has 0 aromatic carbocycles. The third kappa shape index (κ3) is 4.10. The molecule has 1 saturated carbocycles. The fourth-order valence-corrected chi connectivity index (χ4v) is 2.42. The molecule has 0 radical (unpaired) electrons. The molecule has 4 heteroatoms. The first kappa shape index (κ1) is 13.5. The molecule has 0 aromatic heterocycles. The van der Waals surface area contributed by atoms with Crippen LogP contribution in [0.4, 0.5) is 0 Å². The van der Waals surface area contributed by atoms with Crippen LogP contribution in [-0.4, -0.2) is 41.1 Å². The molecule has 0 bridgehead atoms. The number of rotatable bonds is 3.